The molecule has 4 rings (SSSR count). The average molecular weight is 479 g/mol. The SMILES string of the molecule is CCN1CCN(CCCNC(=O)Cn2ncc3c(C)n(Cc4ccc(C)cc4)c(C)c3c2=O)CC1. The Morgan fingerprint density at radius 2 is 1.69 bits per heavy atom. The Hall–Kier alpha value is -2.97. The van der Waals surface area contributed by atoms with Gasteiger partial charge in [0.1, 0.15) is 6.54 Å². The van der Waals surface area contributed by atoms with Crippen LogP contribution in [-0.2, 0) is 17.9 Å². The molecule has 0 saturated carbocycles. The molecule has 1 fully saturated rings. The van der Waals surface area contributed by atoms with Gasteiger partial charge in [0.25, 0.3) is 5.56 Å². The highest BCUT2D eigenvalue weighted by Crippen LogP contribution is 2.23. The van der Waals surface area contributed by atoms with Crippen LogP contribution in [0.4, 0.5) is 0 Å². The number of amides is 1. The van der Waals surface area contributed by atoms with Crippen molar-refractivity contribution in [3.63, 3.8) is 0 Å². The fourth-order valence-electron chi connectivity index (χ4n) is 4.92. The van der Waals surface area contributed by atoms with Crippen LogP contribution in [-0.4, -0.2) is 75.9 Å². The van der Waals surface area contributed by atoms with Gasteiger partial charge in [-0.05, 0) is 45.8 Å². The van der Waals surface area contributed by atoms with Crippen molar-refractivity contribution < 1.29 is 4.79 Å². The van der Waals surface area contributed by atoms with E-state index in [2.05, 4.69) is 62.9 Å². The number of likely N-dealkylation sites (N-methyl/N-ethyl adjacent to an activating group) is 1. The number of aryl methyl sites for hydroxylation is 3. The summed E-state index contributed by atoms with van der Waals surface area (Å²) in [5, 5.41) is 8.76. The summed E-state index contributed by atoms with van der Waals surface area (Å²) in [5.74, 6) is -0.178. The summed E-state index contributed by atoms with van der Waals surface area (Å²) in [6, 6.07) is 8.43. The maximum Gasteiger partial charge on any atom is 0.276 e. The van der Waals surface area contributed by atoms with Gasteiger partial charge in [0.15, 0.2) is 0 Å². The van der Waals surface area contributed by atoms with E-state index in [9.17, 15) is 9.59 Å². The molecule has 188 valence electrons. The molecule has 3 heterocycles. The van der Waals surface area contributed by atoms with Gasteiger partial charge in [-0.15, -0.1) is 0 Å². The molecule has 0 atom stereocenters. The molecule has 0 bridgehead atoms. The summed E-state index contributed by atoms with van der Waals surface area (Å²) in [4.78, 5) is 30.7. The number of rotatable bonds is 9. The predicted octanol–water partition coefficient (Wildman–Crippen LogP) is 2.32. The van der Waals surface area contributed by atoms with Crippen LogP contribution in [0.15, 0.2) is 35.3 Å². The fraction of sp³-hybridized carbons (Fsp3) is 0.519. The topological polar surface area (TPSA) is 75.4 Å². The molecule has 1 amide bonds. The highest BCUT2D eigenvalue weighted by molar-refractivity contribution is 5.87. The lowest BCUT2D eigenvalue weighted by atomic mass is 10.1. The second kappa shape index (κ2) is 11.2. The number of nitrogens with zero attached hydrogens (tertiary/aromatic N) is 5. The van der Waals surface area contributed by atoms with E-state index in [1.165, 1.54) is 15.8 Å². The molecule has 3 aromatic rings. The molecular formula is C27H38N6O2. The van der Waals surface area contributed by atoms with Crippen molar-refractivity contribution in [2.24, 2.45) is 0 Å². The third-order valence-electron chi connectivity index (χ3n) is 7.25. The van der Waals surface area contributed by atoms with Crippen molar-refractivity contribution in [1.29, 1.82) is 0 Å². The van der Waals surface area contributed by atoms with E-state index in [-0.39, 0.29) is 18.0 Å². The zero-order valence-electron chi connectivity index (χ0n) is 21.5. The van der Waals surface area contributed by atoms with Gasteiger partial charge in [-0.2, -0.15) is 5.10 Å². The third-order valence-corrected chi connectivity index (χ3v) is 7.25. The average Bonchev–Trinajstić information content (AvgIpc) is 3.10. The molecule has 8 heteroatoms. The summed E-state index contributed by atoms with van der Waals surface area (Å²) in [6.07, 6.45) is 2.62. The number of piperazine rings is 1. The molecule has 1 aliphatic rings. The van der Waals surface area contributed by atoms with Crippen molar-refractivity contribution in [3.05, 3.63) is 63.3 Å². The number of carbonyl (C=O) groups is 1. The van der Waals surface area contributed by atoms with Crippen LogP contribution in [0.25, 0.3) is 10.8 Å². The smallest absolute Gasteiger partial charge is 0.276 e. The van der Waals surface area contributed by atoms with E-state index in [1.54, 1.807) is 6.20 Å². The molecule has 8 nitrogen and oxygen atoms in total. The first-order valence-corrected chi connectivity index (χ1v) is 12.7. The quantitative estimate of drug-likeness (QED) is 0.478. The zero-order chi connectivity index (χ0) is 24.9. The minimum absolute atomic E-state index is 0.0639. The lowest BCUT2D eigenvalue weighted by Crippen LogP contribution is -2.46. The first-order chi connectivity index (χ1) is 16.9. The summed E-state index contributed by atoms with van der Waals surface area (Å²) in [6.45, 7) is 16.0. The zero-order valence-corrected chi connectivity index (χ0v) is 21.5. The molecule has 0 radical (unpaired) electrons. The predicted molar refractivity (Wildman–Crippen MR) is 140 cm³/mol. The highest BCUT2D eigenvalue weighted by atomic mass is 16.2. The fourth-order valence-corrected chi connectivity index (χ4v) is 4.92. The number of fused-ring (bicyclic) bond motifs is 1. The molecule has 1 saturated heterocycles. The Bertz CT molecular complexity index is 1220. The first kappa shape index (κ1) is 25.1. The summed E-state index contributed by atoms with van der Waals surface area (Å²) >= 11 is 0. The molecule has 0 aliphatic carbocycles. The lowest BCUT2D eigenvalue weighted by Gasteiger charge is -2.33. The van der Waals surface area contributed by atoms with Crippen LogP contribution < -0.4 is 10.9 Å². The maximum atomic E-state index is 13.2. The van der Waals surface area contributed by atoms with E-state index in [4.69, 9.17) is 0 Å². The molecule has 1 N–H and O–H groups in total. The second-order valence-electron chi connectivity index (χ2n) is 9.62. The van der Waals surface area contributed by atoms with Crippen molar-refractivity contribution in [1.82, 2.24) is 29.5 Å². The second-order valence-corrected chi connectivity index (χ2v) is 9.62. The van der Waals surface area contributed by atoms with Gasteiger partial charge in [0.05, 0.1) is 11.6 Å². The van der Waals surface area contributed by atoms with Crippen LogP contribution in [0.3, 0.4) is 0 Å². The van der Waals surface area contributed by atoms with Crippen LogP contribution >= 0.6 is 0 Å². The Morgan fingerprint density at radius 1 is 1.00 bits per heavy atom. The van der Waals surface area contributed by atoms with E-state index in [1.807, 2.05) is 13.8 Å². The summed E-state index contributed by atoms with van der Waals surface area (Å²) < 4.78 is 3.44. The number of aromatic nitrogens is 3. The molecule has 35 heavy (non-hydrogen) atoms. The number of hydrogen-bond acceptors (Lipinski definition) is 5. The highest BCUT2D eigenvalue weighted by Gasteiger charge is 2.18. The molecule has 1 aliphatic heterocycles. The van der Waals surface area contributed by atoms with Crippen LogP contribution in [0.2, 0.25) is 0 Å². The van der Waals surface area contributed by atoms with E-state index >= 15 is 0 Å². The van der Waals surface area contributed by atoms with E-state index < -0.39 is 0 Å². The van der Waals surface area contributed by atoms with E-state index in [0.717, 1.165) is 62.5 Å². The van der Waals surface area contributed by atoms with Crippen LogP contribution in [0, 0.1) is 20.8 Å². The minimum Gasteiger partial charge on any atom is -0.354 e. The number of hydrogen-bond donors (Lipinski definition) is 1. The third kappa shape index (κ3) is 5.82. The minimum atomic E-state index is -0.213. The maximum absolute atomic E-state index is 13.2. The Labute approximate surface area is 207 Å². The first-order valence-electron chi connectivity index (χ1n) is 12.7. The van der Waals surface area contributed by atoms with Crippen molar-refractivity contribution >= 4 is 16.7 Å². The van der Waals surface area contributed by atoms with E-state index in [0.29, 0.717) is 18.5 Å². The Morgan fingerprint density at radius 3 is 2.37 bits per heavy atom. The van der Waals surface area contributed by atoms with Gasteiger partial charge in [-0.1, -0.05) is 36.8 Å². The Balaban J connectivity index is 1.36. The summed E-state index contributed by atoms with van der Waals surface area (Å²) in [7, 11) is 0. The summed E-state index contributed by atoms with van der Waals surface area (Å²) in [5.41, 5.74) is 4.11. The molecule has 0 unspecified atom stereocenters. The Kier molecular flexibility index (Phi) is 8.03. The standard InChI is InChI=1S/C27H38N6O2/c1-5-30-13-15-31(16-14-30)12-6-11-28-25(34)19-33-27(35)26-22(4)32(21(3)24(26)17-29-33)18-23-9-7-20(2)8-10-23/h7-10,17H,5-6,11-16,18-19H2,1-4H3,(H,28,34). The number of carbonyl (C=O) groups excluding carboxylic acids is 1. The van der Waals surface area contributed by atoms with Gasteiger partial charge < -0.3 is 19.7 Å². The largest absolute Gasteiger partial charge is 0.354 e. The van der Waals surface area contributed by atoms with Gasteiger partial charge >= 0.3 is 0 Å². The number of benzene rings is 1. The number of nitrogens with one attached hydrogen (secondary N) is 1. The van der Waals surface area contributed by atoms with Gasteiger partial charge in [0, 0.05) is 56.0 Å². The monoisotopic (exact) mass is 478 g/mol. The van der Waals surface area contributed by atoms with Crippen LogP contribution in [0.1, 0.15) is 35.9 Å². The van der Waals surface area contributed by atoms with Crippen LogP contribution in [0.5, 0.6) is 0 Å². The van der Waals surface area contributed by atoms with Crippen molar-refractivity contribution in [2.75, 3.05) is 45.8 Å². The van der Waals surface area contributed by atoms with Crippen molar-refractivity contribution in [2.45, 2.75) is 47.2 Å². The molecule has 0 spiro atoms. The molecular weight excluding hydrogens is 440 g/mol. The van der Waals surface area contributed by atoms with Gasteiger partial charge in [0.2, 0.25) is 5.91 Å². The molecule has 2 aromatic heterocycles. The lowest BCUT2D eigenvalue weighted by molar-refractivity contribution is -0.121. The van der Waals surface area contributed by atoms with Gasteiger partial charge in [-0.25, -0.2) is 4.68 Å². The normalized spacial score (nSPS) is 15.1. The molecule has 1 aromatic carbocycles. The van der Waals surface area contributed by atoms with Gasteiger partial charge in [-0.3, -0.25) is 9.59 Å². The van der Waals surface area contributed by atoms with Crippen molar-refractivity contribution in [3.8, 4) is 0 Å².